The van der Waals surface area contributed by atoms with E-state index in [9.17, 15) is 14.4 Å². The van der Waals surface area contributed by atoms with Gasteiger partial charge in [0.1, 0.15) is 11.6 Å². The van der Waals surface area contributed by atoms with Crippen LogP contribution in [-0.2, 0) is 9.59 Å². The number of benzene rings is 1. The standard InChI is InChI=1S/C16H21N3O3/c1-5-16(4)14(21)19(15(22)18-16)11(3)13(20)17-12-8-6-10(2)7-9-12/h6-9,11H,5H2,1-4H3,(H,17,20)(H,18,22)/t11-,16-/m1/s1. The van der Waals surface area contributed by atoms with Gasteiger partial charge in [0.25, 0.3) is 5.91 Å². The fourth-order valence-corrected chi connectivity index (χ4v) is 2.30. The SMILES string of the molecule is CC[C@@]1(C)NC(=O)N([C@H](C)C(=O)Nc2ccc(C)cc2)C1=O. The topological polar surface area (TPSA) is 78.5 Å². The molecule has 6 heteroatoms. The Balaban J connectivity index is 2.12. The van der Waals surface area contributed by atoms with Gasteiger partial charge in [-0.05, 0) is 39.3 Å². The molecule has 1 heterocycles. The molecule has 0 saturated carbocycles. The third-order valence-electron chi connectivity index (χ3n) is 4.09. The van der Waals surface area contributed by atoms with Crippen LogP contribution in [0.15, 0.2) is 24.3 Å². The summed E-state index contributed by atoms with van der Waals surface area (Å²) in [4.78, 5) is 37.7. The van der Waals surface area contributed by atoms with E-state index in [1.165, 1.54) is 0 Å². The van der Waals surface area contributed by atoms with E-state index in [1.54, 1.807) is 26.0 Å². The third kappa shape index (κ3) is 2.81. The van der Waals surface area contributed by atoms with Gasteiger partial charge in [0.15, 0.2) is 0 Å². The first kappa shape index (κ1) is 16.0. The second kappa shape index (κ2) is 5.79. The molecule has 6 nitrogen and oxygen atoms in total. The quantitative estimate of drug-likeness (QED) is 0.836. The second-order valence-corrected chi connectivity index (χ2v) is 5.82. The summed E-state index contributed by atoms with van der Waals surface area (Å²) in [6.07, 6.45) is 0.473. The lowest BCUT2D eigenvalue weighted by Crippen LogP contribution is -2.47. The van der Waals surface area contributed by atoms with Crippen molar-refractivity contribution in [3.63, 3.8) is 0 Å². The summed E-state index contributed by atoms with van der Waals surface area (Å²) in [7, 11) is 0. The lowest BCUT2D eigenvalue weighted by molar-refractivity contribution is -0.136. The predicted molar refractivity (Wildman–Crippen MR) is 83.3 cm³/mol. The van der Waals surface area contributed by atoms with Crippen LogP contribution in [0.5, 0.6) is 0 Å². The van der Waals surface area contributed by atoms with Gasteiger partial charge in [-0.2, -0.15) is 0 Å². The molecule has 0 bridgehead atoms. The van der Waals surface area contributed by atoms with Crippen LogP contribution >= 0.6 is 0 Å². The molecule has 118 valence electrons. The number of imide groups is 1. The molecule has 1 aliphatic rings. The highest BCUT2D eigenvalue weighted by Gasteiger charge is 2.49. The summed E-state index contributed by atoms with van der Waals surface area (Å²) >= 11 is 0. The molecular formula is C16H21N3O3. The molecule has 1 aromatic rings. The third-order valence-corrected chi connectivity index (χ3v) is 4.09. The van der Waals surface area contributed by atoms with Crippen LogP contribution in [0.4, 0.5) is 10.5 Å². The molecule has 1 aromatic carbocycles. The van der Waals surface area contributed by atoms with E-state index in [1.807, 2.05) is 26.0 Å². The fraction of sp³-hybridized carbons (Fsp3) is 0.438. The van der Waals surface area contributed by atoms with Crippen molar-refractivity contribution in [2.75, 3.05) is 5.32 Å². The highest BCUT2D eigenvalue weighted by molar-refractivity contribution is 6.10. The summed E-state index contributed by atoms with van der Waals surface area (Å²) < 4.78 is 0. The maximum atomic E-state index is 12.4. The lowest BCUT2D eigenvalue weighted by Gasteiger charge is -2.23. The zero-order valence-electron chi connectivity index (χ0n) is 13.3. The van der Waals surface area contributed by atoms with Gasteiger partial charge in [0.2, 0.25) is 5.91 Å². The van der Waals surface area contributed by atoms with E-state index in [2.05, 4.69) is 10.6 Å². The average molecular weight is 303 g/mol. The molecule has 2 N–H and O–H groups in total. The first-order chi connectivity index (χ1) is 10.3. The van der Waals surface area contributed by atoms with Crippen LogP contribution in [0.1, 0.15) is 32.8 Å². The molecule has 2 rings (SSSR count). The molecule has 0 spiro atoms. The van der Waals surface area contributed by atoms with Crippen molar-refractivity contribution in [3.05, 3.63) is 29.8 Å². The first-order valence-electron chi connectivity index (χ1n) is 7.32. The Bertz CT molecular complexity index is 612. The van der Waals surface area contributed by atoms with E-state index < -0.39 is 23.5 Å². The molecule has 1 aliphatic heterocycles. The fourth-order valence-electron chi connectivity index (χ4n) is 2.30. The monoisotopic (exact) mass is 303 g/mol. The van der Waals surface area contributed by atoms with Crippen LogP contribution in [-0.4, -0.2) is 34.3 Å². The number of hydrogen-bond acceptors (Lipinski definition) is 3. The number of carbonyl (C=O) groups excluding carboxylic acids is 3. The molecular weight excluding hydrogens is 282 g/mol. The minimum absolute atomic E-state index is 0.369. The van der Waals surface area contributed by atoms with Gasteiger partial charge in [-0.1, -0.05) is 24.6 Å². The molecule has 1 saturated heterocycles. The zero-order valence-corrected chi connectivity index (χ0v) is 13.3. The van der Waals surface area contributed by atoms with Crippen LogP contribution in [0, 0.1) is 6.92 Å². The normalized spacial score (nSPS) is 22.5. The molecule has 4 amide bonds. The first-order valence-corrected chi connectivity index (χ1v) is 7.32. The molecule has 22 heavy (non-hydrogen) atoms. The maximum Gasteiger partial charge on any atom is 0.325 e. The second-order valence-electron chi connectivity index (χ2n) is 5.82. The van der Waals surface area contributed by atoms with Crippen molar-refractivity contribution in [1.82, 2.24) is 10.2 Å². The van der Waals surface area contributed by atoms with Gasteiger partial charge in [-0.15, -0.1) is 0 Å². The Kier molecular flexibility index (Phi) is 4.21. The molecule has 0 unspecified atom stereocenters. The van der Waals surface area contributed by atoms with Crippen LogP contribution in [0.3, 0.4) is 0 Å². The number of rotatable bonds is 4. The van der Waals surface area contributed by atoms with Gasteiger partial charge < -0.3 is 10.6 Å². The summed E-state index contributed by atoms with van der Waals surface area (Å²) in [5.74, 6) is -0.765. The van der Waals surface area contributed by atoms with Crippen molar-refractivity contribution < 1.29 is 14.4 Å². The van der Waals surface area contributed by atoms with Crippen molar-refractivity contribution in [1.29, 1.82) is 0 Å². The van der Waals surface area contributed by atoms with E-state index in [0.717, 1.165) is 10.5 Å². The largest absolute Gasteiger partial charge is 0.325 e. The number of nitrogens with one attached hydrogen (secondary N) is 2. The van der Waals surface area contributed by atoms with Crippen molar-refractivity contribution in [2.24, 2.45) is 0 Å². The van der Waals surface area contributed by atoms with Crippen molar-refractivity contribution in [3.8, 4) is 0 Å². The number of anilines is 1. The zero-order chi connectivity index (χ0) is 16.5. The predicted octanol–water partition coefficient (Wildman–Crippen LogP) is 2.04. The number of nitrogens with zero attached hydrogens (tertiary/aromatic N) is 1. The van der Waals surface area contributed by atoms with Gasteiger partial charge in [0, 0.05) is 5.69 Å². The Morgan fingerprint density at radius 2 is 1.91 bits per heavy atom. The van der Waals surface area contributed by atoms with E-state index in [0.29, 0.717) is 12.1 Å². The Morgan fingerprint density at radius 3 is 2.41 bits per heavy atom. The Labute approximate surface area is 129 Å². The number of amides is 4. The average Bonchev–Trinajstić information content (AvgIpc) is 2.71. The van der Waals surface area contributed by atoms with E-state index >= 15 is 0 Å². The van der Waals surface area contributed by atoms with Gasteiger partial charge in [-0.25, -0.2) is 9.69 Å². The number of carbonyl (C=O) groups is 3. The Hall–Kier alpha value is -2.37. The summed E-state index contributed by atoms with van der Waals surface area (Å²) in [6.45, 7) is 6.98. The highest BCUT2D eigenvalue weighted by atomic mass is 16.2. The lowest BCUT2D eigenvalue weighted by atomic mass is 9.99. The smallest absolute Gasteiger partial charge is 0.324 e. The van der Waals surface area contributed by atoms with Crippen LogP contribution in [0.25, 0.3) is 0 Å². The minimum atomic E-state index is -0.935. The summed E-state index contributed by atoms with van der Waals surface area (Å²) in [5, 5.41) is 5.36. The number of urea groups is 1. The minimum Gasteiger partial charge on any atom is -0.324 e. The van der Waals surface area contributed by atoms with Crippen molar-refractivity contribution in [2.45, 2.75) is 45.7 Å². The van der Waals surface area contributed by atoms with Gasteiger partial charge >= 0.3 is 6.03 Å². The van der Waals surface area contributed by atoms with Gasteiger partial charge in [0.05, 0.1) is 0 Å². The number of hydrogen-bond donors (Lipinski definition) is 2. The highest BCUT2D eigenvalue weighted by Crippen LogP contribution is 2.23. The molecule has 0 aromatic heterocycles. The Morgan fingerprint density at radius 1 is 1.32 bits per heavy atom. The summed E-state index contributed by atoms with van der Waals surface area (Å²) in [6, 6.07) is 5.91. The molecule has 1 fully saturated rings. The van der Waals surface area contributed by atoms with Crippen LogP contribution in [0.2, 0.25) is 0 Å². The van der Waals surface area contributed by atoms with E-state index in [4.69, 9.17) is 0 Å². The molecule has 0 radical (unpaired) electrons. The van der Waals surface area contributed by atoms with Crippen LogP contribution < -0.4 is 10.6 Å². The molecule has 2 atom stereocenters. The maximum absolute atomic E-state index is 12.4. The van der Waals surface area contributed by atoms with E-state index in [-0.39, 0.29) is 5.91 Å². The number of aryl methyl sites for hydroxylation is 1. The summed E-state index contributed by atoms with van der Waals surface area (Å²) in [5.41, 5.74) is 0.779. The van der Waals surface area contributed by atoms with Crippen molar-refractivity contribution >= 4 is 23.5 Å². The molecule has 0 aliphatic carbocycles. The van der Waals surface area contributed by atoms with Gasteiger partial charge in [-0.3, -0.25) is 9.59 Å².